The van der Waals surface area contributed by atoms with Gasteiger partial charge >= 0.3 is 0 Å². The summed E-state index contributed by atoms with van der Waals surface area (Å²) in [5.74, 6) is 1.03. The van der Waals surface area contributed by atoms with Gasteiger partial charge in [-0.2, -0.15) is 0 Å². The molecule has 1 amide bonds. The molecule has 1 unspecified atom stereocenters. The highest BCUT2D eigenvalue weighted by Crippen LogP contribution is 2.21. The number of ether oxygens (including phenoxy) is 1. The molecule has 0 radical (unpaired) electrons. The zero-order valence-corrected chi connectivity index (χ0v) is 14.2. The van der Waals surface area contributed by atoms with E-state index in [4.69, 9.17) is 4.74 Å². The van der Waals surface area contributed by atoms with Gasteiger partial charge in [0.2, 0.25) is 0 Å². The average molecular weight is 348 g/mol. The van der Waals surface area contributed by atoms with Gasteiger partial charge in [-0.15, -0.1) is 0 Å². The van der Waals surface area contributed by atoms with Crippen molar-refractivity contribution < 1.29 is 14.6 Å². The van der Waals surface area contributed by atoms with Crippen molar-refractivity contribution in [1.82, 2.24) is 10.3 Å². The summed E-state index contributed by atoms with van der Waals surface area (Å²) < 4.78 is 5.71. The van der Waals surface area contributed by atoms with Crippen molar-refractivity contribution in [2.24, 2.45) is 0 Å². The normalized spacial score (nSPS) is 11.6. The second kappa shape index (κ2) is 8.78. The van der Waals surface area contributed by atoms with Crippen LogP contribution in [0.3, 0.4) is 0 Å². The van der Waals surface area contributed by atoms with Crippen LogP contribution < -0.4 is 10.1 Å². The summed E-state index contributed by atoms with van der Waals surface area (Å²) in [7, 11) is 0. The SMILES string of the molecule is O=C(NCCC(O)c1ccccc1)c1cccc(Oc2ccncc2)c1. The largest absolute Gasteiger partial charge is 0.457 e. The van der Waals surface area contributed by atoms with E-state index in [1.165, 1.54) is 0 Å². The van der Waals surface area contributed by atoms with Crippen LogP contribution in [0.2, 0.25) is 0 Å². The maximum absolute atomic E-state index is 12.3. The predicted octanol–water partition coefficient (Wildman–Crippen LogP) is 3.73. The van der Waals surface area contributed by atoms with Crippen LogP contribution in [0.25, 0.3) is 0 Å². The Morgan fingerprint density at radius 3 is 2.54 bits per heavy atom. The number of pyridine rings is 1. The quantitative estimate of drug-likeness (QED) is 0.682. The van der Waals surface area contributed by atoms with Crippen molar-refractivity contribution in [2.45, 2.75) is 12.5 Å². The molecule has 1 aromatic heterocycles. The minimum atomic E-state index is -0.599. The molecule has 0 bridgehead atoms. The number of nitrogens with zero attached hydrogens (tertiary/aromatic N) is 1. The third-order valence-electron chi connectivity index (χ3n) is 3.87. The van der Waals surface area contributed by atoms with Gasteiger partial charge in [0.15, 0.2) is 0 Å². The number of aromatic nitrogens is 1. The van der Waals surface area contributed by atoms with Crippen LogP contribution in [0.5, 0.6) is 11.5 Å². The Morgan fingerprint density at radius 1 is 1.00 bits per heavy atom. The highest BCUT2D eigenvalue weighted by molar-refractivity contribution is 5.94. The van der Waals surface area contributed by atoms with Gasteiger partial charge in [0, 0.05) is 24.5 Å². The highest BCUT2D eigenvalue weighted by atomic mass is 16.5. The first-order valence-corrected chi connectivity index (χ1v) is 8.41. The minimum Gasteiger partial charge on any atom is -0.457 e. The Hall–Kier alpha value is -3.18. The van der Waals surface area contributed by atoms with E-state index in [2.05, 4.69) is 10.3 Å². The summed E-state index contributed by atoms with van der Waals surface area (Å²) in [6.07, 6.45) is 3.13. The van der Waals surface area contributed by atoms with Gasteiger partial charge in [-0.25, -0.2) is 0 Å². The lowest BCUT2D eigenvalue weighted by Gasteiger charge is -2.12. The third-order valence-corrected chi connectivity index (χ3v) is 3.87. The zero-order valence-electron chi connectivity index (χ0n) is 14.2. The summed E-state index contributed by atoms with van der Waals surface area (Å²) in [5, 5.41) is 13.0. The van der Waals surface area contributed by atoms with Crippen LogP contribution in [0.4, 0.5) is 0 Å². The van der Waals surface area contributed by atoms with Gasteiger partial charge in [0.1, 0.15) is 11.5 Å². The molecule has 0 spiro atoms. The standard InChI is InChI=1S/C21H20N2O3/c24-20(16-5-2-1-3-6-16)11-14-23-21(25)17-7-4-8-19(15-17)26-18-9-12-22-13-10-18/h1-10,12-13,15,20,24H,11,14H2,(H,23,25). The molecule has 132 valence electrons. The van der Waals surface area contributed by atoms with Crippen LogP contribution in [0, 0.1) is 0 Å². The number of aliphatic hydroxyl groups excluding tert-OH is 1. The van der Waals surface area contributed by atoms with Crippen LogP contribution in [0.15, 0.2) is 79.1 Å². The monoisotopic (exact) mass is 348 g/mol. The van der Waals surface area contributed by atoms with Gasteiger partial charge in [-0.3, -0.25) is 9.78 Å². The molecular weight excluding hydrogens is 328 g/mol. The summed E-state index contributed by atoms with van der Waals surface area (Å²) in [5.41, 5.74) is 1.35. The van der Waals surface area contributed by atoms with Gasteiger partial charge in [0.05, 0.1) is 6.10 Å². The molecule has 0 fully saturated rings. The number of hydrogen-bond donors (Lipinski definition) is 2. The molecule has 0 aliphatic heterocycles. The topological polar surface area (TPSA) is 71.5 Å². The number of carbonyl (C=O) groups excluding carboxylic acids is 1. The van der Waals surface area contributed by atoms with Crippen molar-refractivity contribution in [3.8, 4) is 11.5 Å². The lowest BCUT2D eigenvalue weighted by atomic mass is 10.1. The summed E-state index contributed by atoms with van der Waals surface area (Å²) >= 11 is 0. The maximum atomic E-state index is 12.3. The lowest BCUT2D eigenvalue weighted by molar-refractivity contribution is 0.0942. The fourth-order valence-corrected chi connectivity index (χ4v) is 2.51. The van der Waals surface area contributed by atoms with Crippen molar-refractivity contribution >= 4 is 5.91 Å². The van der Waals surface area contributed by atoms with Crippen molar-refractivity contribution in [3.63, 3.8) is 0 Å². The van der Waals surface area contributed by atoms with Crippen molar-refractivity contribution in [1.29, 1.82) is 0 Å². The molecule has 5 heteroatoms. The van der Waals surface area contributed by atoms with Crippen LogP contribution >= 0.6 is 0 Å². The molecule has 0 saturated carbocycles. The number of nitrogens with one attached hydrogen (secondary N) is 1. The van der Waals surface area contributed by atoms with E-state index >= 15 is 0 Å². The van der Waals surface area contributed by atoms with E-state index in [1.54, 1.807) is 48.8 Å². The first-order chi connectivity index (χ1) is 12.7. The van der Waals surface area contributed by atoms with E-state index < -0.39 is 6.10 Å². The van der Waals surface area contributed by atoms with E-state index in [-0.39, 0.29) is 5.91 Å². The van der Waals surface area contributed by atoms with E-state index in [9.17, 15) is 9.90 Å². The van der Waals surface area contributed by atoms with Gasteiger partial charge in [-0.1, -0.05) is 36.4 Å². The Labute approximate surface area is 152 Å². The number of carbonyl (C=O) groups is 1. The first kappa shape index (κ1) is 17.6. The Bertz CT molecular complexity index is 838. The van der Waals surface area contributed by atoms with E-state index in [1.807, 2.05) is 30.3 Å². The minimum absolute atomic E-state index is 0.203. The number of rotatable bonds is 7. The number of aliphatic hydroxyl groups is 1. The average Bonchev–Trinajstić information content (AvgIpc) is 2.69. The van der Waals surface area contributed by atoms with Crippen molar-refractivity contribution in [3.05, 3.63) is 90.3 Å². The molecule has 3 aromatic rings. The summed E-state index contributed by atoms with van der Waals surface area (Å²) in [6, 6.07) is 19.9. The molecular formula is C21H20N2O3. The summed E-state index contributed by atoms with van der Waals surface area (Å²) in [6.45, 7) is 0.379. The number of benzene rings is 2. The number of amides is 1. The second-order valence-corrected chi connectivity index (χ2v) is 5.78. The van der Waals surface area contributed by atoms with Gasteiger partial charge in [-0.05, 0) is 42.3 Å². The molecule has 0 aliphatic rings. The van der Waals surface area contributed by atoms with Gasteiger partial charge < -0.3 is 15.2 Å². The molecule has 1 heterocycles. The second-order valence-electron chi connectivity index (χ2n) is 5.78. The Balaban J connectivity index is 1.54. The Kier molecular flexibility index (Phi) is 5.96. The van der Waals surface area contributed by atoms with Crippen molar-refractivity contribution in [2.75, 3.05) is 6.54 Å². The van der Waals surface area contributed by atoms with E-state index in [0.29, 0.717) is 30.0 Å². The fourth-order valence-electron chi connectivity index (χ4n) is 2.51. The van der Waals surface area contributed by atoms with Crippen LogP contribution in [-0.2, 0) is 0 Å². The molecule has 2 N–H and O–H groups in total. The fraction of sp³-hybridized carbons (Fsp3) is 0.143. The highest BCUT2D eigenvalue weighted by Gasteiger charge is 2.10. The lowest BCUT2D eigenvalue weighted by Crippen LogP contribution is -2.25. The predicted molar refractivity (Wildman–Crippen MR) is 99.1 cm³/mol. The molecule has 3 rings (SSSR count). The van der Waals surface area contributed by atoms with E-state index in [0.717, 1.165) is 5.56 Å². The first-order valence-electron chi connectivity index (χ1n) is 8.41. The van der Waals surface area contributed by atoms with Gasteiger partial charge in [0.25, 0.3) is 5.91 Å². The maximum Gasteiger partial charge on any atom is 0.251 e. The molecule has 26 heavy (non-hydrogen) atoms. The smallest absolute Gasteiger partial charge is 0.251 e. The molecule has 2 aromatic carbocycles. The zero-order chi connectivity index (χ0) is 18.2. The van der Waals surface area contributed by atoms with Crippen LogP contribution in [-0.4, -0.2) is 22.5 Å². The number of hydrogen-bond acceptors (Lipinski definition) is 4. The molecule has 1 atom stereocenters. The molecule has 5 nitrogen and oxygen atoms in total. The molecule has 0 saturated heterocycles. The Morgan fingerprint density at radius 2 is 1.77 bits per heavy atom. The third kappa shape index (κ3) is 4.91. The summed E-state index contributed by atoms with van der Waals surface area (Å²) in [4.78, 5) is 16.2. The van der Waals surface area contributed by atoms with Crippen LogP contribution in [0.1, 0.15) is 28.4 Å². The molecule has 0 aliphatic carbocycles.